The van der Waals surface area contributed by atoms with Crippen molar-refractivity contribution in [2.45, 2.75) is 45.8 Å². The van der Waals surface area contributed by atoms with Gasteiger partial charge in [-0.25, -0.2) is 4.39 Å². The standard InChI is InChI=1S/C11H17FO/c1-8(2)13-11(4)6-9(3)5-10(12)7-11/h5,7-8H,6H2,1-4H3/t11-/m0/s1. The molecule has 0 fully saturated rings. The van der Waals surface area contributed by atoms with E-state index in [1.54, 1.807) is 12.2 Å². The highest BCUT2D eigenvalue weighted by Crippen LogP contribution is 2.30. The summed E-state index contributed by atoms with van der Waals surface area (Å²) in [6.07, 6.45) is 4.02. The normalized spacial score (nSPS) is 28.8. The maximum Gasteiger partial charge on any atom is 0.122 e. The van der Waals surface area contributed by atoms with Crippen LogP contribution >= 0.6 is 0 Å². The second-order valence-electron chi connectivity index (χ2n) is 4.18. The summed E-state index contributed by atoms with van der Waals surface area (Å²) in [6.45, 7) is 7.77. The summed E-state index contributed by atoms with van der Waals surface area (Å²) in [6, 6.07) is 0. The molecule has 0 unspecified atom stereocenters. The van der Waals surface area contributed by atoms with Crippen LogP contribution in [0.3, 0.4) is 0 Å². The van der Waals surface area contributed by atoms with Gasteiger partial charge in [0.2, 0.25) is 0 Å². The molecule has 0 saturated carbocycles. The topological polar surface area (TPSA) is 9.23 Å². The first kappa shape index (κ1) is 10.5. The minimum absolute atomic E-state index is 0.125. The lowest BCUT2D eigenvalue weighted by Crippen LogP contribution is -2.31. The first-order valence-electron chi connectivity index (χ1n) is 4.65. The van der Waals surface area contributed by atoms with Gasteiger partial charge in [0, 0.05) is 6.42 Å². The quantitative estimate of drug-likeness (QED) is 0.639. The van der Waals surface area contributed by atoms with Gasteiger partial charge in [-0.2, -0.15) is 0 Å². The number of rotatable bonds is 2. The van der Waals surface area contributed by atoms with Gasteiger partial charge in [0.1, 0.15) is 5.83 Å². The van der Waals surface area contributed by atoms with Crippen molar-refractivity contribution >= 4 is 0 Å². The van der Waals surface area contributed by atoms with Crippen LogP contribution in [0.15, 0.2) is 23.6 Å². The van der Waals surface area contributed by atoms with Gasteiger partial charge in [0.25, 0.3) is 0 Å². The molecule has 0 saturated heterocycles. The van der Waals surface area contributed by atoms with Gasteiger partial charge in [-0.3, -0.25) is 0 Å². The largest absolute Gasteiger partial charge is 0.368 e. The molecule has 0 aromatic heterocycles. The zero-order chi connectivity index (χ0) is 10.1. The molecule has 0 heterocycles. The summed E-state index contributed by atoms with van der Waals surface area (Å²) in [4.78, 5) is 0. The van der Waals surface area contributed by atoms with E-state index < -0.39 is 5.60 Å². The Bertz CT molecular complexity index is 253. The monoisotopic (exact) mass is 184 g/mol. The highest BCUT2D eigenvalue weighted by Gasteiger charge is 2.27. The Morgan fingerprint density at radius 2 is 2.15 bits per heavy atom. The number of hydrogen-bond donors (Lipinski definition) is 0. The number of allylic oxidation sites excluding steroid dienone is 2. The molecule has 1 nitrogen and oxygen atoms in total. The van der Waals surface area contributed by atoms with Gasteiger partial charge in [-0.1, -0.05) is 5.57 Å². The van der Waals surface area contributed by atoms with E-state index in [2.05, 4.69) is 0 Å². The molecule has 0 radical (unpaired) electrons. The van der Waals surface area contributed by atoms with Crippen molar-refractivity contribution in [3.63, 3.8) is 0 Å². The third-order valence-corrected chi connectivity index (χ3v) is 1.96. The molecule has 1 atom stereocenters. The van der Waals surface area contributed by atoms with Crippen molar-refractivity contribution in [2.75, 3.05) is 0 Å². The fourth-order valence-corrected chi connectivity index (χ4v) is 1.84. The molecule has 0 aliphatic heterocycles. The summed E-state index contributed by atoms with van der Waals surface area (Å²) in [5, 5.41) is 0. The lowest BCUT2D eigenvalue weighted by atomic mass is 9.91. The molecule has 1 rings (SSSR count). The minimum atomic E-state index is -0.461. The van der Waals surface area contributed by atoms with Gasteiger partial charge < -0.3 is 4.74 Å². The van der Waals surface area contributed by atoms with E-state index in [1.807, 2.05) is 27.7 Å². The highest BCUT2D eigenvalue weighted by molar-refractivity contribution is 5.28. The lowest BCUT2D eigenvalue weighted by Gasteiger charge is -2.31. The van der Waals surface area contributed by atoms with Crippen molar-refractivity contribution in [3.05, 3.63) is 23.6 Å². The van der Waals surface area contributed by atoms with Crippen LogP contribution in [0.4, 0.5) is 4.39 Å². The molecule has 0 aromatic rings. The Labute approximate surface area is 79.3 Å². The van der Waals surface area contributed by atoms with Gasteiger partial charge in [-0.05, 0) is 39.8 Å². The Kier molecular flexibility index (Phi) is 2.91. The summed E-state index contributed by atoms with van der Waals surface area (Å²) < 4.78 is 18.7. The Balaban J connectivity index is 2.77. The minimum Gasteiger partial charge on any atom is -0.368 e. The predicted molar refractivity (Wildman–Crippen MR) is 52.2 cm³/mol. The average molecular weight is 184 g/mol. The van der Waals surface area contributed by atoms with Crippen LogP contribution in [0.2, 0.25) is 0 Å². The molecular formula is C11H17FO. The van der Waals surface area contributed by atoms with Crippen LogP contribution in [0.25, 0.3) is 0 Å². The lowest BCUT2D eigenvalue weighted by molar-refractivity contribution is -0.0364. The Morgan fingerprint density at radius 3 is 2.62 bits per heavy atom. The van der Waals surface area contributed by atoms with Gasteiger partial charge >= 0.3 is 0 Å². The molecule has 0 amide bonds. The molecule has 0 bridgehead atoms. The summed E-state index contributed by atoms with van der Waals surface area (Å²) in [5.74, 6) is -0.188. The smallest absolute Gasteiger partial charge is 0.122 e. The summed E-state index contributed by atoms with van der Waals surface area (Å²) in [7, 11) is 0. The van der Waals surface area contributed by atoms with Crippen LogP contribution in [-0.4, -0.2) is 11.7 Å². The van der Waals surface area contributed by atoms with E-state index in [-0.39, 0.29) is 11.9 Å². The number of ether oxygens (including phenoxy) is 1. The van der Waals surface area contributed by atoms with E-state index in [0.717, 1.165) is 12.0 Å². The van der Waals surface area contributed by atoms with Crippen molar-refractivity contribution in [1.29, 1.82) is 0 Å². The van der Waals surface area contributed by atoms with E-state index in [4.69, 9.17) is 4.74 Å². The molecule has 1 aliphatic carbocycles. The maximum atomic E-state index is 13.1. The van der Waals surface area contributed by atoms with Crippen molar-refractivity contribution in [3.8, 4) is 0 Å². The third kappa shape index (κ3) is 2.96. The second-order valence-corrected chi connectivity index (χ2v) is 4.18. The van der Waals surface area contributed by atoms with E-state index in [9.17, 15) is 4.39 Å². The van der Waals surface area contributed by atoms with E-state index in [0.29, 0.717) is 0 Å². The second kappa shape index (κ2) is 3.62. The molecule has 1 aliphatic rings. The fourth-order valence-electron chi connectivity index (χ4n) is 1.84. The zero-order valence-electron chi connectivity index (χ0n) is 8.73. The fraction of sp³-hybridized carbons (Fsp3) is 0.636. The van der Waals surface area contributed by atoms with Crippen LogP contribution in [0.1, 0.15) is 34.1 Å². The predicted octanol–water partition coefficient (Wildman–Crippen LogP) is 3.37. The van der Waals surface area contributed by atoms with Crippen molar-refractivity contribution < 1.29 is 9.13 Å². The van der Waals surface area contributed by atoms with Crippen molar-refractivity contribution in [2.24, 2.45) is 0 Å². The van der Waals surface area contributed by atoms with E-state index >= 15 is 0 Å². The first-order valence-corrected chi connectivity index (χ1v) is 4.65. The maximum absolute atomic E-state index is 13.1. The molecular weight excluding hydrogens is 167 g/mol. The molecule has 0 N–H and O–H groups in total. The van der Waals surface area contributed by atoms with E-state index in [1.165, 1.54) is 0 Å². The molecule has 0 aromatic carbocycles. The highest BCUT2D eigenvalue weighted by atomic mass is 19.1. The van der Waals surface area contributed by atoms with Crippen LogP contribution < -0.4 is 0 Å². The first-order chi connectivity index (χ1) is 5.91. The Hall–Kier alpha value is -0.630. The van der Waals surface area contributed by atoms with Crippen LogP contribution in [-0.2, 0) is 4.74 Å². The number of halogens is 1. The number of hydrogen-bond acceptors (Lipinski definition) is 1. The van der Waals surface area contributed by atoms with Gasteiger partial charge in [0.15, 0.2) is 0 Å². The molecule has 74 valence electrons. The molecule has 2 heteroatoms. The SMILES string of the molecule is CC1=CC(F)=C[C@@](C)(OC(C)C)C1. The van der Waals surface area contributed by atoms with Crippen LogP contribution in [0, 0.1) is 0 Å². The van der Waals surface area contributed by atoms with Crippen LogP contribution in [0.5, 0.6) is 0 Å². The third-order valence-electron chi connectivity index (χ3n) is 1.96. The molecule has 0 spiro atoms. The molecule has 13 heavy (non-hydrogen) atoms. The average Bonchev–Trinajstić information content (AvgIpc) is 1.77. The van der Waals surface area contributed by atoms with Crippen molar-refractivity contribution in [1.82, 2.24) is 0 Å². The zero-order valence-corrected chi connectivity index (χ0v) is 8.73. The Morgan fingerprint density at radius 1 is 1.54 bits per heavy atom. The van der Waals surface area contributed by atoms with Gasteiger partial charge in [-0.15, -0.1) is 0 Å². The summed E-state index contributed by atoms with van der Waals surface area (Å²) >= 11 is 0. The van der Waals surface area contributed by atoms with Gasteiger partial charge in [0.05, 0.1) is 11.7 Å². The summed E-state index contributed by atoms with van der Waals surface area (Å²) in [5.41, 5.74) is 0.569.